The summed E-state index contributed by atoms with van der Waals surface area (Å²) in [5, 5.41) is 3.16. The fourth-order valence-corrected chi connectivity index (χ4v) is 3.52. The lowest BCUT2D eigenvalue weighted by atomic mass is 9.80. The van der Waals surface area contributed by atoms with Crippen LogP contribution in [0.3, 0.4) is 0 Å². The second-order valence-electron chi connectivity index (χ2n) is 7.08. The SMILES string of the molecule is C=N/C(=C\C=C/C)C1CCOC(CC)(CCC)C1.CCNCc1cnccn1. The highest BCUT2D eigenvalue weighted by atomic mass is 16.5. The number of aromatic nitrogens is 2. The highest BCUT2D eigenvalue weighted by molar-refractivity contribution is 5.31. The molecule has 0 amide bonds. The van der Waals surface area contributed by atoms with Crippen molar-refractivity contribution in [1.29, 1.82) is 0 Å². The van der Waals surface area contributed by atoms with Gasteiger partial charge in [-0.25, -0.2) is 0 Å². The Morgan fingerprint density at radius 1 is 1.39 bits per heavy atom. The summed E-state index contributed by atoms with van der Waals surface area (Å²) >= 11 is 0. The quantitative estimate of drug-likeness (QED) is 0.473. The first-order valence-electron chi connectivity index (χ1n) is 10.5. The summed E-state index contributed by atoms with van der Waals surface area (Å²) in [6.45, 7) is 14.9. The predicted octanol–water partition coefficient (Wildman–Crippen LogP) is 5.11. The zero-order chi connectivity index (χ0) is 20.7. The zero-order valence-corrected chi connectivity index (χ0v) is 18.2. The van der Waals surface area contributed by atoms with E-state index in [0.29, 0.717) is 5.92 Å². The van der Waals surface area contributed by atoms with E-state index in [0.717, 1.165) is 56.8 Å². The molecule has 1 fully saturated rings. The average molecular weight is 387 g/mol. The van der Waals surface area contributed by atoms with E-state index in [1.807, 2.05) is 19.1 Å². The van der Waals surface area contributed by atoms with Crippen LogP contribution in [0, 0.1) is 5.92 Å². The van der Waals surface area contributed by atoms with Crippen LogP contribution in [0.25, 0.3) is 0 Å². The highest BCUT2D eigenvalue weighted by Gasteiger charge is 2.36. The van der Waals surface area contributed by atoms with E-state index in [4.69, 9.17) is 4.74 Å². The van der Waals surface area contributed by atoms with Crippen molar-refractivity contribution in [3.05, 3.63) is 48.2 Å². The Morgan fingerprint density at radius 3 is 2.79 bits per heavy atom. The zero-order valence-electron chi connectivity index (χ0n) is 18.2. The Hall–Kier alpha value is -1.85. The molecule has 1 aliphatic rings. The molecule has 1 N–H and O–H groups in total. The summed E-state index contributed by atoms with van der Waals surface area (Å²) in [7, 11) is 0. The lowest BCUT2D eigenvalue weighted by Gasteiger charge is -2.40. The van der Waals surface area contributed by atoms with Crippen LogP contribution in [0.5, 0.6) is 0 Å². The smallest absolute Gasteiger partial charge is 0.0724 e. The van der Waals surface area contributed by atoms with E-state index in [1.54, 1.807) is 18.6 Å². The molecule has 0 radical (unpaired) electrons. The van der Waals surface area contributed by atoms with Crippen molar-refractivity contribution in [3.63, 3.8) is 0 Å². The van der Waals surface area contributed by atoms with Gasteiger partial charge in [0.2, 0.25) is 0 Å². The Balaban J connectivity index is 0.000000330. The van der Waals surface area contributed by atoms with Crippen molar-refractivity contribution in [3.8, 4) is 0 Å². The van der Waals surface area contributed by atoms with Crippen LogP contribution in [-0.4, -0.2) is 35.4 Å². The maximum Gasteiger partial charge on any atom is 0.0724 e. The summed E-state index contributed by atoms with van der Waals surface area (Å²) in [5.74, 6) is 0.499. The molecular formula is C23H38N4O. The van der Waals surface area contributed by atoms with Gasteiger partial charge in [-0.3, -0.25) is 15.0 Å². The summed E-state index contributed by atoms with van der Waals surface area (Å²) in [6, 6.07) is 0. The Morgan fingerprint density at radius 2 is 2.21 bits per heavy atom. The van der Waals surface area contributed by atoms with E-state index >= 15 is 0 Å². The number of nitrogens with one attached hydrogen (secondary N) is 1. The fraction of sp³-hybridized carbons (Fsp3) is 0.609. The van der Waals surface area contributed by atoms with Gasteiger partial charge in [0.05, 0.1) is 11.3 Å². The van der Waals surface area contributed by atoms with Crippen LogP contribution in [-0.2, 0) is 11.3 Å². The maximum atomic E-state index is 6.08. The normalized spacial score (nSPS) is 22.6. The van der Waals surface area contributed by atoms with E-state index in [1.165, 1.54) is 6.42 Å². The molecule has 0 spiro atoms. The van der Waals surface area contributed by atoms with Crippen LogP contribution < -0.4 is 5.32 Å². The second-order valence-corrected chi connectivity index (χ2v) is 7.08. The molecule has 1 aliphatic heterocycles. The lowest BCUT2D eigenvalue weighted by Crippen LogP contribution is -2.39. The number of allylic oxidation sites excluding steroid dienone is 4. The van der Waals surface area contributed by atoms with E-state index in [2.05, 4.69) is 53.8 Å². The monoisotopic (exact) mass is 386 g/mol. The molecule has 0 aliphatic carbocycles. The number of rotatable bonds is 9. The third kappa shape index (κ3) is 8.44. The Labute approximate surface area is 171 Å². The number of aliphatic imine (C=N–C) groups is 1. The van der Waals surface area contributed by atoms with Crippen molar-refractivity contribution < 1.29 is 4.74 Å². The van der Waals surface area contributed by atoms with Crippen molar-refractivity contribution in [1.82, 2.24) is 15.3 Å². The molecule has 28 heavy (non-hydrogen) atoms. The first kappa shape index (κ1) is 24.2. The lowest BCUT2D eigenvalue weighted by molar-refractivity contribution is -0.0996. The van der Waals surface area contributed by atoms with Crippen LogP contribution in [0.4, 0.5) is 0 Å². The van der Waals surface area contributed by atoms with Gasteiger partial charge in [-0.2, -0.15) is 0 Å². The van der Waals surface area contributed by atoms with Crippen LogP contribution >= 0.6 is 0 Å². The molecule has 0 aromatic carbocycles. The van der Waals surface area contributed by atoms with Crippen LogP contribution in [0.15, 0.2) is 47.5 Å². The first-order valence-corrected chi connectivity index (χ1v) is 10.5. The van der Waals surface area contributed by atoms with Gasteiger partial charge in [0.25, 0.3) is 0 Å². The number of hydrogen-bond donors (Lipinski definition) is 1. The minimum atomic E-state index is 0.0668. The fourth-order valence-electron chi connectivity index (χ4n) is 3.52. The van der Waals surface area contributed by atoms with Crippen molar-refractivity contribution in [2.75, 3.05) is 13.2 Å². The molecule has 2 rings (SSSR count). The van der Waals surface area contributed by atoms with Crippen molar-refractivity contribution in [2.24, 2.45) is 10.9 Å². The van der Waals surface area contributed by atoms with Crippen molar-refractivity contribution >= 4 is 6.72 Å². The van der Waals surface area contributed by atoms with Gasteiger partial charge in [0.15, 0.2) is 0 Å². The van der Waals surface area contributed by atoms with E-state index in [9.17, 15) is 0 Å². The summed E-state index contributed by atoms with van der Waals surface area (Å²) < 4.78 is 6.08. The van der Waals surface area contributed by atoms with Crippen LogP contribution in [0.1, 0.15) is 65.5 Å². The molecular weight excluding hydrogens is 348 g/mol. The summed E-state index contributed by atoms with van der Waals surface area (Å²) in [4.78, 5) is 12.2. The number of nitrogens with zero attached hydrogens (tertiary/aromatic N) is 3. The van der Waals surface area contributed by atoms with Crippen LogP contribution in [0.2, 0.25) is 0 Å². The van der Waals surface area contributed by atoms with Gasteiger partial charge >= 0.3 is 0 Å². The predicted molar refractivity (Wildman–Crippen MR) is 118 cm³/mol. The summed E-state index contributed by atoms with van der Waals surface area (Å²) in [5.41, 5.74) is 2.17. The minimum Gasteiger partial charge on any atom is -0.375 e. The van der Waals surface area contributed by atoms with Gasteiger partial charge < -0.3 is 10.1 Å². The summed E-state index contributed by atoms with van der Waals surface area (Å²) in [6.07, 6.45) is 16.9. The molecule has 5 nitrogen and oxygen atoms in total. The minimum absolute atomic E-state index is 0.0668. The average Bonchev–Trinajstić information content (AvgIpc) is 2.74. The van der Waals surface area contributed by atoms with Gasteiger partial charge in [-0.05, 0) is 51.9 Å². The molecule has 156 valence electrons. The van der Waals surface area contributed by atoms with E-state index < -0.39 is 0 Å². The van der Waals surface area contributed by atoms with Crippen molar-refractivity contribution in [2.45, 2.75) is 71.9 Å². The third-order valence-electron chi connectivity index (χ3n) is 5.08. The molecule has 2 unspecified atom stereocenters. The largest absolute Gasteiger partial charge is 0.375 e. The topological polar surface area (TPSA) is 59.4 Å². The highest BCUT2D eigenvalue weighted by Crippen LogP contribution is 2.38. The Bertz CT molecular complexity index is 596. The molecule has 1 saturated heterocycles. The molecule has 0 bridgehead atoms. The van der Waals surface area contributed by atoms with Gasteiger partial charge in [0.1, 0.15) is 0 Å². The molecule has 5 heteroatoms. The first-order chi connectivity index (χ1) is 13.6. The Kier molecular flexibility index (Phi) is 12.3. The molecule has 1 aromatic heterocycles. The van der Waals surface area contributed by atoms with E-state index in [-0.39, 0.29) is 5.60 Å². The molecule has 1 aromatic rings. The third-order valence-corrected chi connectivity index (χ3v) is 5.08. The van der Waals surface area contributed by atoms with Gasteiger partial charge in [0, 0.05) is 43.4 Å². The molecule has 2 atom stereocenters. The molecule has 2 heterocycles. The standard InChI is InChI=1S/C16H27NO.C7H11N3/c1-5-8-9-15(17-4)14-10-12-18-16(7-3,13-14)11-6-2;1-2-8-5-7-6-9-3-4-10-7/h5,8-9,14H,4,6-7,10-13H2,1-3H3;3-4,6,8H,2,5H2,1H3/b8-5-,15-9-;. The second kappa shape index (κ2) is 14.2. The van der Waals surface area contributed by atoms with Gasteiger partial charge in [-0.1, -0.05) is 39.3 Å². The molecule has 0 saturated carbocycles. The maximum absolute atomic E-state index is 6.08. The number of hydrogen-bond acceptors (Lipinski definition) is 5. The number of ether oxygens (including phenoxy) is 1. The van der Waals surface area contributed by atoms with Gasteiger partial charge in [-0.15, -0.1) is 0 Å².